The van der Waals surface area contributed by atoms with E-state index in [2.05, 4.69) is 165 Å². The van der Waals surface area contributed by atoms with Crippen molar-refractivity contribution in [3.05, 3.63) is 168 Å². The standard InChI is InChI=1S/C46H33NO/c1-46(2)40-27-35(20-22-37(40)38-23-19-28-9-6-7-14-36(28)43(38)46)33-13-8-12-32(25-33)34-18-16-29-15-17-30-21-24-41-44(42(30)39(29)26-34)48-45(47-41)31-10-4-3-5-11-31/h3-27,45,47H,1-2H3. The van der Waals surface area contributed by atoms with Gasteiger partial charge in [0.25, 0.3) is 0 Å². The first-order valence-corrected chi connectivity index (χ1v) is 16.8. The fraction of sp³-hybridized carbons (Fsp3) is 0.0870. The van der Waals surface area contributed by atoms with E-state index in [0.717, 1.165) is 22.4 Å². The predicted octanol–water partition coefficient (Wildman–Crippen LogP) is 12.3. The Bertz CT molecular complexity index is 2600. The van der Waals surface area contributed by atoms with Crippen LogP contribution >= 0.6 is 0 Å². The van der Waals surface area contributed by atoms with Gasteiger partial charge in [0, 0.05) is 16.4 Å². The summed E-state index contributed by atoms with van der Waals surface area (Å²) in [5, 5.41) is 11.0. The fourth-order valence-electron chi connectivity index (χ4n) is 8.25. The second-order valence-corrected chi connectivity index (χ2v) is 13.8. The highest BCUT2D eigenvalue weighted by Gasteiger charge is 2.37. The Morgan fingerprint density at radius 3 is 2.04 bits per heavy atom. The summed E-state index contributed by atoms with van der Waals surface area (Å²) < 4.78 is 6.63. The van der Waals surface area contributed by atoms with Crippen molar-refractivity contribution in [1.82, 2.24) is 0 Å². The van der Waals surface area contributed by atoms with Gasteiger partial charge in [0.2, 0.25) is 0 Å². The van der Waals surface area contributed by atoms with E-state index < -0.39 is 0 Å². The van der Waals surface area contributed by atoms with E-state index in [4.69, 9.17) is 4.74 Å². The topological polar surface area (TPSA) is 21.3 Å². The normalized spacial score (nSPS) is 15.6. The average molecular weight is 616 g/mol. The largest absolute Gasteiger partial charge is 0.464 e. The molecule has 1 N–H and O–H groups in total. The Kier molecular flexibility index (Phi) is 5.72. The van der Waals surface area contributed by atoms with Crippen LogP contribution in [0.25, 0.3) is 65.7 Å². The molecule has 1 heterocycles. The molecular formula is C46H33NO. The summed E-state index contributed by atoms with van der Waals surface area (Å²) in [5.74, 6) is 0.924. The Hall–Kier alpha value is -5.86. The summed E-state index contributed by atoms with van der Waals surface area (Å²) in [6.45, 7) is 4.75. The summed E-state index contributed by atoms with van der Waals surface area (Å²) in [6, 6.07) is 55.4. The molecule has 8 aromatic carbocycles. The number of anilines is 1. The highest BCUT2D eigenvalue weighted by atomic mass is 16.5. The predicted molar refractivity (Wildman–Crippen MR) is 201 cm³/mol. The van der Waals surface area contributed by atoms with Crippen LogP contribution in [0.15, 0.2) is 152 Å². The molecule has 0 fully saturated rings. The number of fused-ring (bicyclic) bond motifs is 10. The minimum absolute atomic E-state index is 0.0880. The van der Waals surface area contributed by atoms with Crippen LogP contribution < -0.4 is 10.1 Å². The smallest absolute Gasteiger partial charge is 0.196 e. The van der Waals surface area contributed by atoms with Gasteiger partial charge < -0.3 is 10.1 Å². The fourth-order valence-corrected chi connectivity index (χ4v) is 8.25. The lowest BCUT2D eigenvalue weighted by Gasteiger charge is -2.23. The zero-order valence-electron chi connectivity index (χ0n) is 26.9. The molecule has 0 saturated heterocycles. The maximum atomic E-state index is 6.63. The van der Waals surface area contributed by atoms with Gasteiger partial charge in [-0.3, -0.25) is 0 Å². The first kappa shape index (κ1) is 27.3. The van der Waals surface area contributed by atoms with E-state index in [-0.39, 0.29) is 11.6 Å². The van der Waals surface area contributed by atoms with Crippen molar-refractivity contribution in [3.8, 4) is 39.1 Å². The molecule has 1 aliphatic heterocycles. The highest BCUT2D eigenvalue weighted by Crippen LogP contribution is 2.52. The zero-order valence-corrected chi connectivity index (χ0v) is 26.9. The second-order valence-electron chi connectivity index (χ2n) is 13.8. The lowest BCUT2D eigenvalue weighted by atomic mass is 9.79. The average Bonchev–Trinajstić information content (AvgIpc) is 3.68. The molecule has 2 nitrogen and oxygen atoms in total. The molecule has 1 aliphatic carbocycles. The molecule has 0 amide bonds. The molecular weight excluding hydrogens is 583 g/mol. The van der Waals surface area contributed by atoms with Crippen molar-refractivity contribution in [2.75, 3.05) is 5.32 Å². The maximum Gasteiger partial charge on any atom is 0.196 e. The summed E-state index contributed by atoms with van der Waals surface area (Å²) in [6.07, 6.45) is -0.203. The summed E-state index contributed by atoms with van der Waals surface area (Å²) in [5.41, 5.74) is 12.5. The molecule has 0 saturated carbocycles. The molecule has 1 unspecified atom stereocenters. The van der Waals surface area contributed by atoms with Gasteiger partial charge >= 0.3 is 0 Å². The van der Waals surface area contributed by atoms with Crippen molar-refractivity contribution in [2.24, 2.45) is 0 Å². The Morgan fingerprint density at radius 2 is 1.17 bits per heavy atom. The van der Waals surface area contributed by atoms with Crippen molar-refractivity contribution in [2.45, 2.75) is 25.5 Å². The maximum absolute atomic E-state index is 6.63. The summed E-state index contributed by atoms with van der Waals surface area (Å²) in [4.78, 5) is 0. The molecule has 0 spiro atoms. The third-order valence-electron chi connectivity index (χ3n) is 10.6. The van der Waals surface area contributed by atoms with Gasteiger partial charge in [-0.15, -0.1) is 0 Å². The van der Waals surface area contributed by atoms with Crippen LogP contribution in [0.1, 0.15) is 36.8 Å². The van der Waals surface area contributed by atoms with Crippen molar-refractivity contribution >= 4 is 38.0 Å². The van der Waals surface area contributed by atoms with E-state index in [1.54, 1.807) is 0 Å². The van der Waals surface area contributed by atoms with Gasteiger partial charge in [0.05, 0.1) is 5.69 Å². The molecule has 1 atom stereocenters. The van der Waals surface area contributed by atoms with Crippen LogP contribution in [0.2, 0.25) is 0 Å². The van der Waals surface area contributed by atoms with Crippen LogP contribution in [-0.2, 0) is 5.41 Å². The molecule has 2 heteroatoms. The van der Waals surface area contributed by atoms with Crippen LogP contribution in [-0.4, -0.2) is 0 Å². The van der Waals surface area contributed by atoms with Crippen LogP contribution in [0, 0.1) is 0 Å². The number of nitrogens with one attached hydrogen (secondary N) is 1. The Balaban J connectivity index is 1.06. The van der Waals surface area contributed by atoms with E-state index in [1.807, 2.05) is 6.07 Å². The van der Waals surface area contributed by atoms with Gasteiger partial charge in [0.15, 0.2) is 12.0 Å². The molecule has 228 valence electrons. The van der Waals surface area contributed by atoms with Gasteiger partial charge in [-0.05, 0) is 95.7 Å². The Labute approximate surface area is 280 Å². The highest BCUT2D eigenvalue weighted by molar-refractivity contribution is 6.14. The lowest BCUT2D eigenvalue weighted by Crippen LogP contribution is -2.15. The number of benzene rings is 8. The quantitative estimate of drug-likeness (QED) is 0.200. The molecule has 48 heavy (non-hydrogen) atoms. The van der Waals surface area contributed by atoms with E-state index >= 15 is 0 Å². The summed E-state index contributed by atoms with van der Waals surface area (Å²) >= 11 is 0. The molecule has 10 rings (SSSR count). The minimum Gasteiger partial charge on any atom is -0.464 e. The molecule has 0 radical (unpaired) electrons. The third kappa shape index (κ3) is 3.99. The van der Waals surface area contributed by atoms with Gasteiger partial charge in [0.1, 0.15) is 0 Å². The SMILES string of the molecule is CC1(C)c2cc(-c3cccc(-c4ccc5ccc6ccc7c(c6c5c4)OC(c4ccccc4)N7)c3)ccc2-c2ccc3ccccc3c21. The first-order valence-electron chi connectivity index (χ1n) is 16.8. The van der Waals surface area contributed by atoms with Gasteiger partial charge in [-0.1, -0.05) is 141 Å². The van der Waals surface area contributed by atoms with Crippen LogP contribution in [0.5, 0.6) is 5.75 Å². The number of hydrogen-bond acceptors (Lipinski definition) is 2. The number of ether oxygens (including phenoxy) is 1. The number of hydrogen-bond donors (Lipinski definition) is 1. The van der Waals surface area contributed by atoms with E-state index in [9.17, 15) is 0 Å². The second kappa shape index (κ2) is 10.1. The van der Waals surface area contributed by atoms with Crippen molar-refractivity contribution < 1.29 is 4.74 Å². The van der Waals surface area contributed by atoms with E-state index in [1.165, 1.54) is 71.4 Å². The van der Waals surface area contributed by atoms with E-state index in [0.29, 0.717) is 0 Å². The van der Waals surface area contributed by atoms with Crippen LogP contribution in [0.4, 0.5) is 5.69 Å². The molecule has 0 bridgehead atoms. The molecule has 8 aromatic rings. The number of rotatable bonds is 3. The third-order valence-corrected chi connectivity index (χ3v) is 10.6. The lowest BCUT2D eigenvalue weighted by molar-refractivity contribution is 0.263. The Morgan fingerprint density at radius 1 is 0.521 bits per heavy atom. The van der Waals surface area contributed by atoms with Crippen LogP contribution in [0.3, 0.4) is 0 Å². The monoisotopic (exact) mass is 615 g/mol. The molecule has 2 aliphatic rings. The van der Waals surface area contributed by atoms with Gasteiger partial charge in [-0.2, -0.15) is 0 Å². The van der Waals surface area contributed by atoms with Gasteiger partial charge in [-0.25, -0.2) is 0 Å². The van der Waals surface area contributed by atoms with Crippen molar-refractivity contribution in [3.63, 3.8) is 0 Å². The molecule has 0 aromatic heterocycles. The minimum atomic E-state index is -0.203. The van der Waals surface area contributed by atoms with Crippen molar-refractivity contribution in [1.29, 1.82) is 0 Å². The summed E-state index contributed by atoms with van der Waals surface area (Å²) in [7, 11) is 0. The first-order chi connectivity index (χ1) is 23.5. The zero-order chi connectivity index (χ0) is 32.0.